The van der Waals surface area contributed by atoms with Crippen molar-refractivity contribution in [2.75, 3.05) is 13.1 Å². The van der Waals surface area contributed by atoms with Gasteiger partial charge < -0.3 is 9.63 Å². The first-order chi connectivity index (χ1) is 10.1. The van der Waals surface area contributed by atoms with E-state index in [1.807, 2.05) is 37.3 Å². The molecule has 1 fully saturated rings. The quantitative estimate of drug-likeness (QED) is 0.941. The lowest BCUT2D eigenvalue weighted by Crippen LogP contribution is -2.32. The molecule has 21 heavy (non-hydrogen) atoms. The number of hydrogen-bond acceptors (Lipinski definition) is 4. The molecule has 4 nitrogen and oxygen atoms in total. The first-order valence-electron chi connectivity index (χ1n) is 7.25. The van der Waals surface area contributed by atoms with E-state index in [0.29, 0.717) is 23.9 Å². The van der Waals surface area contributed by atoms with Crippen LogP contribution in [0.15, 0.2) is 34.9 Å². The van der Waals surface area contributed by atoms with E-state index >= 15 is 0 Å². The van der Waals surface area contributed by atoms with Crippen LogP contribution in [0.25, 0.3) is 11.3 Å². The van der Waals surface area contributed by atoms with Crippen LogP contribution in [0.1, 0.15) is 25.5 Å². The third-order valence-corrected chi connectivity index (χ3v) is 4.48. The number of β-amino-alcohol motifs (C(OH)–C–C–N with tert-alkyl or cyclic N) is 1. The van der Waals surface area contributed by atoms with Gasteiger partial charge in [0.25, 0.3) is 0 Å². The van der Waals surface area contributed by atoms with Crippen molar-refractivity contribution in [1.29, 1.82) is 0 Å². The second-order valence-corrected chi connectivity index (χ2v) is 6.11. The molecule has 0 aliphatic carbocycles. The van der Waals surface area contributed by atoms with Crippen molar-refractivity contribution in [3.05, 3.63) is 41.0 Å². The Bertz CT molecular complexity index is 628. The highest BCUT2D eigenvalue weighted by Gasteiger charge is 2.34. The summed E-state index contributed by atoms with van der Waals surface area (Å²) in [6.45, 7) is 4.29. The van der Waals surface area contributed by atoms with E-state index in [4.69, 9.17) is 16.1 Å². The van der Waals surface area contributed by atoms with Gasteiger partial charge in [0.1, 0.15) is 0 Å². The number of rotatable bonds is 4. The van der Waals surface area contributed by atoms with Crippen molar-refractivity contribution in [1.82, 2.24) is 10.1 Å². The van der Waals surface area contributed by atoms with E-state index in [1.165, 1.54) is 0 Å². The van der Waals surface area contributed by atoms with Gasteiger partial charge in [-0.1, -0.05) is 35.8 Å². The van der Waals surface area contributed by atoms with Gasteiger partial charge in [0.15, 0.2) is 5.76 Å². The number of halogens is 1. The van der Waals surface area contributed by atoms with Crippen LogP contribution in [0.2, 0.25) is 5.02 Å². The molecule has 2 aromatic rings. The zero-order valence-corrected chi connectivity index (χ0v) is 12.8. The average molecular weight is 307 g/mol. The van der Waals surface area contributed by atoms with Crippen molar-refractivity contribution in [2.45, 2.75) is 31.9 Å². The van der Waals surface area contributed by atoms with Gasteiger partial charge in [-0.25, -0.2) is 0 Å². The van der Waals surface area contributed by atoms with Crippen molar-refractivity contribution in [2.24, 2.45) is 0 Å². The van der Waals surface area contributed by atoms with Gasteiger partial charge >= 0.3 is 0 Å². The summed E-state index contributed by atoms with van der Waals surface area (Å²) >= 11 is 6.16. The first-order valence-corrected chi connectivity index (χ1v) is 7.63. The second kappa shape index (κ2) is 5.79. The Morgan fingerprint density at radius 1 is 1.43 bits per heavy atom. The van der Waals surface area contributed by atoms with Gasteiger partial charge in [-0.15, -0.1) is 0 Å². The SMILES string of the molecule is CCC1(O)CCN(Cc2cc(-c3ccccc3Cl)on2)C1. The summed E-state index contributed by atoms with van der Waals surface area (Å²) in [6, 6.07) is 9.48. The molecule has 5 heteroatoms. The van der Waals surface area contributed by atoms with Crippen LogP contribution in [0.5, 0.6) is 0 Å². The van der Waals surface area contributed by atoms with Crippen LogP contribution in [0, 0.1) is 0 Å². The van der Waals surface area contributed by atoms with E-state index < -0.39 is 5.60 Å². The van der Waals surface area contributed by atoms with Crippen molar-refractivity contribution in [3.63, 3.8) is 0 Å². The lowest BCUT2D eigenvalue weighted by molar-refractivity contribution is 0.0444. The molecule has 112 valence electrons. The normalized spacial score (nSPS) is 22.8. The van der Waals surface area contributed by atoms with Crippen LogP contribution < -0.4 is 0 Å². The van der Waals surface area contributed by atoms with Gasteiger partial charge in [0.05, 0.1) is 16.3 Å². The lowest BCUT2D eigenvalue weighted by atomic mass is 10.0. The highest BCUT2D eigenvalue weighted by atomic mass is 35.5. The smallest absolute Gasteiger partial charge is 0.168 e. The summed E-state index contributed by atoms with van der Waals surface area (Å²) in [7, 11) is 0. The maximum Gasteiger partial charge on any atom is 0.168 e. The second-order valence-electron chi connectivity index (χ2n) is 5.70. The Hall–Kier alpha value is -1.36. The topological polar surface area (TPSA) is 49.5 Å². The molecule has 2 heterocycles. The standard InChI is InChI=1S/C16H19ClN2O2/c1-2-16(20)7-8-19(11-16)10-12-9-15(21-18-12)13-5-3-4-6-14(13)17/h3-6,9,20H,2,7-8,10-11H2,1H3. The molecule has 0 bridgehead atoms. The zero-order valence-electron chi connectivity index (χ0n) is 12.1. The first kappa shape index (κ1) is 14.6. The van der Waals surface area contributed by atoms with Gasteiger partial charge in [0, 0.05) is 31.3 Å². The molecule has 0 radical (unpaired) electrons. The third kappa shape index (κ3) is 3.12. The Balaban J connectivity index is 1.71. The van der Waals surface area contributed by atoms with Gasteiger partial charge in [-0.3, -0.25) is 4.90 Å². The Kier molecular flexibility index (Phi) is 4.02. The van der Waals surface area contributed by atoms with E-state index in [-0.39, 0.29) is 0 Å². The lowest BCUT2D eigenvalue weighted by Gasteiger charge is -2.20. The summed E-state index contributed by atoms with van der Waals surface area (Å²) in [6.07, 6.45) is 1.60. The largest absolute Gasteiger partial charge is 0.389 e. The van der Waals surface area contributed by atoms with Crippen LogP contribution in [-0.2, 0) is 6.54 Å². The van der Waals surface area contributed by atoms with Crippen LogP contribution in [0.4, 0.5) is 0 Å². The Morgan fingerprint density at radius 3 is 2.95 bits per heavy atom. The highest BCUT2D eigenvalue weighted by molar-refractivity contribution is 6.33. The maximum atomic E-state index is 10.3. The minimum absolute atomic E-state index is 0.546. The van der Waals surface area contributed by atoms with Crippen molar-refractivity contribution >= 4 is 11.6 Å². The molecule has 0 saturated carbocycles. The Morgan fingerprint density at radius 2 is 2.24 bits per heavy atom. The molecule has 1 saturated heterocycles. The molecule has 0 amide bonds. The van der Waals surface area contributed by atoms with E-state index in [0.717, 1.165) is 30.6 Å². The van der Waals surface area contributed by atoms with E-state index in [9.17, 15) is 5.11 Å². The summed E-state index contributed by atoms with van der Waals surface area (Å²) in [5, 5.41) is 15.0. The number of benzene rings is 1. The molecule has 1 aromatic heterocycles. The summed E-state index contributed by atoms with van der Waals surface area (Å²) < 4.78 is 5.40. The molecular weight excluding hydrogens is 288 g/mol. The fourth-order valence-electron chi connectivity index (χ4n) is 2.77. The third-order valence-electron chi connectivity index (χ3n) is 4.15. The number of hydrogen-bond donors (Lipinski definition) is 1. The number of aliphatic hydroxyl groups is 1. The zero-order chi connectivity index (χ0) is 14.9. The minimum Gasteiger partial charge on any atom is -0.389 e. The predicted molar refractivity (Wildman–Crippen MR) is 82.1 cm³/mol. The fourth-order valence-corrected chi connectivity index (χ4v) is 3.00. The average Bonchev–Trinajstić information content (AvgIpc) is 3.08. The van der Waals surface area contributed by atoms with E-state index in [1.54, 1.807) is 0 Å². The minimum atomic E-state index is -0.546. The monoisotopic (exact) mass is 306 g/mol. The molecule has 1 aliphatic rings. The summed E-state index contributed by atoms with van der Waals surface area (Å²) in [5.41, 5.74) is 1.17. The van der Waals surface area contributed by atoms with Crippen LogP contribution >= 0.6 is 11.6 Å². The predicted octanol–water partition coefficient (Wildman–Crippen LogP) is 3.34. The van der Waals surface area contributed by atoms with E-state index in [2.05, 4.69) is 10.1 Å². The molecular formula is C16H19ClN2O2. The molecule has 0 spiro atoms. The van der Waals surface area contributed by atoms with Crippen molar-refractivity contribution < 1.29 is 9.63 Å². The Labute approximate surface area is 129 Å². The van der Waals surface area contributed by atoms with Gasteiger partial charge in [-0.05, 0) is 25.0 Å². The van der Waals surface area contributed by atoms with Crippen LogP contribution in [0.3, 0.4) is 0 Å². The van der Waals surface area contributed by atoms with Crippen molar-refractivity contribution in [3.8, 4) is 11.3 Å². The highest BCUT2D eigenvalue weighted by Crippen LogP contribution is 2.29. The molecule has 1 aromatic carbocycles. The number of likely N-dealkylation sites (tertiary alicyclic amines) is 1. The number of nitrogens with zero attached hydrogens (tertiary/aromatic N) is 2. The van der Waals surface area contributed by atoms with Gasteiger partial charge in [-0.2, -0.15) is 0 Å². The molecule has 1 unspecified atom stereocenters. The molecule has 3 rings (SSSR count). The molecule has 1 aliphatic heterocycles. The maximum absolute atomic E-state index is 10.3. The summed E-state index contributed by atoms with van der Waals surface area (Å²) in [5.74, 6) is 0.681. The number of aromatic nitrogens is 1. The van der Waals surface area contributed by atoms with Crippen LogP contribution in [-0.4, -0.2) is 33.9 Å². The molecule has 1 atom stereocenters. The molecule has 1 N–H and O–H groups in total. The summed E-state index contributed by atoms with van der Waals surface area (Å²) in [4.78, 5) is 2.21. The van der Waals surface area contributed by atoms with Gasteiger partial charge in [0.2, 0.25) is 0 Å². The fraction of sp³-hybridized carbons (Fsp3) is 0.438.